The molecule has 4 rings (SSSR count). The zero-order chi connectivity index (χ0) is 21.4. The van der Waals surface area contributed by atoms with E-state index in [1.165, 1.54) is 6.42 Å². The summed E-state index contributed by atoms with van der Waals surface area (Å²) in [5.74, 6) is -0.0141. The Balaban J connectivity index is 1.53. The van der Waals surface area contributed by atoms with E-state index in [2.05, 4.69) is 9.62 Å². The maximum Gasteiger partial charge on any atom is 0.240 e. The number of nitrogens with zero attached hydrogens (tertiary/aromatic N) is 2. The van der Waals surface area contributed by atoms with Crippen LogP contribution in [-0.2, 0) is 26.0 Å². The van der Waals surface area contributed by atoms with Crippen molar-refractivity contribution < 1.29 is 17.9 Å². The molecule has 3 aliphatic rings. The zero-order valence-electron chi connectivity index (χ0n) is 18.0. The highest BCUT2D eigenvalue weighted by Crippen LogP contribution is 2.36. The molecule has 1 atom stereocenters. The van der Waals surface area contributed by atoms with Gasteiger partial charge in [0.15, 0.2) is 0 Å². The molecular formula is C22H33N3O4S. The number of morpholine rings is 1. The highest BCUT2D eigenvalue weighted by Gasteiger charge is 2.39. The normalized spacial score (nSPS) is 24.6. The fraction of sp³-hybridized carbons (Fsp3) is 0.682. The van der Waals surface area contributed by atoms with Crippen molar-refractivity contribution in [1.29, 1.82) is 0 Å². The van der Waals surface area contributed by atoms with Crippen LogP contribution in [0.15, 0.2) is 23.1 Å². The second-order valence-electron chi connectivity index (χ2n) is 8.94. The minimum atomic E-state index is -3.62. The minimum absolute atomic E-state index is 0.0141. The van der Waals surface area contributed by atoms with Gasteiger partial charge in [-0.3, -0.25) is 9.69 Å². The number of ether oxygens (including phenoxy) is 1. The van der Waals surface area contributed by atoms with Crippen molar-refractivity contribution in [3.63, 3.8) is 0 Å². The van der Waals surface area contributed by atoms with Gasteiger partial charge >= 0.3 is 0 Å². The first-order valence-corrected chi connectivity index (χ1v) is 12.6. The number of nitrogens with one attached hydrogen (secondary N) is 1. The number of fused-ring (bicyclic) bond motifs is 1. The van der Waals surface area contributed by atoms with E-state index in [0.717, 1.165) is 50.0 Å². The molecule has 2 fully saturated rings. The van der Waals surface area contributed by atoms with Gasteiger partial charge in [-0.1, -0.05) is 19.3 Å². The Bertz CT molecular complexity index is 890. The lowest BCUT2D eigenvalue weighted by molar-refractivity contribution is -0.116. The van der Waals surface area contributed by atoms with Crippen LogP contribution < -0.4 is 9.62 Å². The van der Waals surface area contributed by atoms with Gasteiger partial charge in [0.25, 0.3) is 0 Å². The van der Waals surface area contributed by atoms with E-state index in [1.54, 1.807) is 30.0 Å². The summed E-state index contributed by atoms with van der Waals surface area (Å²) in [5, 5.41) is 0. The number of carbonyl (C=O) groups is 1. The molecule has 1 saturated heterocycles. The van der Waals surface area contributed by atoms with E-state index in [-0.39, 0.29) is 22.4 Å². The fourth-order valence-corrected chi connectivity index (χ4v) is 6.59. The van der Waals surface area contributed by atoms with E-state index in [1.807, 2.05) is 6.92 Å². The predicted molar refractivity (Wildman–Crippen MR) is 116 cm³/mol. The largest absolute Gasteiger partial charge is 0.379 e. The first kappa shape index (κ1) is 21.7. The van der Waals surface area contributed by atoms with E-state index in [0.29, 0.717) is 26.2 Å². The average Bonchev–Trinajstić information content (AvgIpc) is 3.09. The van der Waals surface area contributed by atoms with Gasteiger partial charge < -0.3 is 9.64 Å². The number of anilines is 1. The second-order valence-corrected chi connectivity index (χ2v) is 10.7. The van der Waals surface area contributed by atoms with Crippen LogP contribution in [0.25, 0.3) is 0 Å². The Hall–Kier alpha value is -1.48. The summed E-state index contributed by atoms with van der Waals surface area (Å²) in [4.78, 5) is 16.4. The van der Waals surface area contributed by atoms with Crippen molar-refractivity contribution in [2.24, 2.45) is 0 Å². The van der Waals surface area contributed by atoms with Crippen LogP contribution >= 0.6 is 0 Å². The van der Waals surface area contributed by atoms with Crippen LogP contribution in [0.4, 0.5) is 5.69 Å². The molecule has 2 aliphatic heterocycles. The van der Waals surface area contributed by atoms with Gasteiger partial charge in [0.05, 0.1) is 18.1 Å². The lowest BCUT2D eigenvalue weighted by Gasteiger charge is -2.48. The standard InChI is InChI=1S/C22H33N3O4S/c1-17-14-19-15-20(6-7-21(19)25(17)18(2)26)30(27,28)23-16-22(8-4-3-5-9-22)24-10-12-29-13-11-24/h6-7,15,17,23H,3-5,8-14,16H2,1-2H3. The molecule has 7 nitrogen and oxygen atoms in total. The van der Waals surface area contributed by atoms with Gasteiger partial charge in [-0.05, 0) is 49.9 Å². The number of sulfonamides is 1. The summed E-state index contributed by atoms with van der Waals surface area (Å²) in [6.45, 7) is 7.12. The molecule has 1 aromatic carbocycles. The molecule has 0 bridgehead atoms. The fourth-order valence-electron chi connectivity index (χ4n) is 5.42. The Morgan fingerprint density at radius 1 is 1.20 bits per heavy atom. The second kappa shape index (κ2) is 8.57. The van der Waals surface area contributed by atoms with Crippen molar-refractivity contribution in [3.05, 3.63) is 23.8 Å². The highest BCUT2D eigenvalue weighted by atomic mass is 32.2. The smallest absolute Gasteiger partial charge is 0.240 e. The maximum absolute atomic E-state index is 13.2. The number of rotatable bonds is 5. The van der Waals surface area contributed by atoms with E-state index in [9.17, 15) is 13.2 Å². The molecule has 1 saturated carbocycles. The number of benzene rings is 1. The van der Waals surface area contributed by atoms with Gasteiger partial charge in [-0.25, -0.2) is 13.1 Å². The molecule has 0 aromatic heterocycles. The van der Waals surface area contributed by atoms with Gasteiger partial charge in [0, 0.05) is 43.8 Å². The zero-order valence-corrected chi connectivity index (χ0v) is 18.8. The number of hydrogen-bond acceptors (Lipinski definition) is 5. The molecule has 1 aromatic rings. The SMILES string of the molecule is CC(=O)N1c2ccc(S(=O)(=O)NCC3(N4CCOCC4)CCCCC3)cc2CC1C. The van der Waals surface area contributed by atoms with Crippen LogP contribution in [0.2, 0.25) is 0 Å². The van der Waals surface area contributed by atoms with E-state index < -0.39 is 10.0 Å². The third-order valence-corrected chi connectivity index (χ3v) is 8.37. The predicted octanol–water partition coefficient (Wildman–Crippen LogP) is 2.30. The van der Waals surface area contributed by atoms with Crippen molar-refractivity contribution >= 4 is 21.6 Å². The first-order chi connectivity index (χ1) is 14.3. The molecule has 2 heterocycles. The monoisotopic (exact) mass is 435 g/mol. The molecular weight excluding hydrogens is 402 g/mol. The van der Waals surface area contributed by atoms with Crippen molar-refractivity contribution in [2.45, 2.75) is 68.8 Å². The summed E-state index contributed by atoms with van der Waals surface area (Å²) >= 11 is 0. The van der Waals surface area contributed by atoms with E-state index >= 15 is 0 Å². The molecule has 1 amide bonds. The Morgan fingerprint density at radius 2 is 1.90 bits per heavy atom. The van der Waals surface area contributed by atoms with E-state index in [4.69, 9.17) is 4.74 Å². The molecule has 30 heavy (non-hydrogen) atoms. The third kappa shape index (κ3) is 4.15. The quantitative estimate of drug-likeness (QED) is 0.768. The van der Waals surface area contributed by atoms with Gasteiger partial charge in [0.1, 0.15) is 0 Å². The summed E-state index contributed by atoms with van der Waals surface area (Å²) in [5.41, 5.74) is 1.62. The van der Waals surface area contributed by atoms with Crippen molar-refractivity contribution in [3.8, 4) is 0 Å². The van der Waals surface area contributed by atoms with Crippen LogP contribution in [0, 0.1) is 0 Å². The van der Waals surface area contributed by atoms with Crippen molar-refractivity contribution in [1.82, 2.24) is 9.62 Å². The number of amides is 1. The first-order valence-electron chi connectivity index (χ1n) is 11.1. The van der Waals surface area contributed by atoms with Gasteiger partial charge in [-0.2, -0.15) is 0 Å². The lowest BCUT2D eigenvalue weighted by atomic mass is 9.80. The molecule has 1 unspecified atom stereocenters. The Labute approximate surface area is 179 Å². The van der Waals surface area contributed by atoms with Crippen LogP contribution in [-0.4, -0.2) is 63.7 Å². The van der Waals surface area contributed by atoms with Crippen LogP contribution in [0.3, 0.4) is 0 Å². The third-order valence-electron chi connectivity index (χ3n) is 6.97. The molecule has 1 N–H and O–H groups in total. The van der Waals surface area contributed by atoms with Crippen LogP contribution in [0.1, 0.15) is 51.5 Å². The molecule has 0 spiro atoms. The summed E-state index contributed by atoms with van der Waals surface area (Å²) in [6, 6.07) is 5.18. The Kier molecular flexibility index (Phi) is 6.21. The van der Waals surface area contributed by atoms with Crippen LogP contribution in [0.5, 0.6) is 0 Å². The average molecular weight is 436 g/mol. The number of hydrogen-bond donors (Lipinski definition) is 1. The molecule has 8 heteroatoms. The Morgan fingerprint density at radius 3 is 2.57 bits per heavy atom. The molecule has 1 aliphatic carbocycles. The van der Waals surface area contributed by atoms with Gasteiger partial charge in [0.2, 0.25) is 15.9 Å². The molecule has 0 radical (unpaired) electrons. The summed E-state index contributed by atoms with van der Waals surface area (Å²) < 4.78 is 34.8. The van der Waals surface area contributed by atoms with Gasteiger partial charge in [-0.15, -0.1) is 0 Å². The number of carbonyl (C=O) groups excluding carboxylic acids is 1. The molecule has 166 valence electrons. The summed E-state index contributed by atoms with van der Waals surface area (Å²) in [6.07, 6.45) is 6.20. The highest BCUT2D eigenvalue weighted by molar-refractivity contribution is 7.89. The lowest BCUT2D eigenvalue weighted by Crippen LogP contribution is -2.59. The van der Waals surface area contributed by atoms with Crippen molar-refractivity contribution in [2.75, 3.05) is 37.7 Å². The maximum atomic E-state index is 13.2. The topological polar surface area (TPSA) is 79.0 Å². The summed E-state index contributed by atoms with van der Waals surface area (Å²) in [7, 11) is -3.62. The minimum Gasteiger partial charge on any atom is -0.379 e.